The Morgan fingerprint density at radius 1 is 0.921 bits per heavy atom. The van der Waals surface area contributed by atoms with E-state index in [0.29, 0.717) is 24.5 Å². The van der Waals surface area contributed by atoms with Crippen molar-refractivity contribution in [3.8, 4) is 11.5 Å². The first kappa shape index (κ1) is 28.5. The van der Waals surface area contributed by atoms with Crippen LogP contribution in [0.5, 0.6) is 11.5 Å². The quantitative estimate of drug-likeness (QED) is 0.165. The summed E-state index contributed by atoms with van der Waals surface area (Å²) in [5.74, 6) is 0.140. The number of unbranched alkanes of at least 4 members (excludes halogenated alkanes) is 2. The van der Waals surface area contributed by atoms with Crippen LogP contribution < -0.4 is 14.8 Å². The third kappa shape index (κ3) is 9.77. The summed E-state index contributed by atoms with van der Waals surface area (Å²) in [6, 6.07) is 21.5. The molecule has 0 bridgehead atoms. The molecule has 6 heteroatoms. The van der Waals surface area contributed by atoms with Crippen molar-refractivity contribution in [1.82, 2.24) is 0 Å². The van der Waals surface area contributed by atoms with Gasteiger partial charge < -0.3 is 19.9 Å². The van der Waals surface area contributed by atoms with Crippen molar-refractivity contribution in [1.29, 1.82) is 0 Å². The lowest BCUT2D eigenvalue weighted by molar-refractivity contribution is -0.137. The summed E-state index contributed by atoms with van der Waals surface area (Å²) in [6.45, 7) is 4.97. The van der Waals surface area contributed by atoms with E-state index in [0.717, 1.165) is 28.9 Å². The number of hydrogen-bond donors (Lipinski definition) is 2. The summed E-state index contributed by atoms with van der Waals surface area (Å²) in [5.41, 5.74) is 4.96. The summed E-state index contributed by atoms with van der Waals surface area (Å²) in [6.07, 6.45) is 8.45. The number of benzene rings is 3. The van der Waals surface area contributed by atoms with Crippen molar-refractivity contribution in [3.63, 3.8) is 0 Å². The van der Waals surface area contributed by atoms with Gasteiger partial charge in [0.25, 0.3) is 0 Å². The summed E-state index contributed by atoms with van der Waals surface area (Å²) in [7, 11) is 0. The molecule has 0 saturated carbocycles. The van der Waals surface area contributed by atoms with Crippen LogP contribution in [0.3, 0.4) is 0 Å². The predicted octanol–water partition coefficient (Wildman–Crippen LogP) is 7.20. The first-order chi connectivity index (χ1) is 18.4. The Kier molecular flexibility index (Phi) is 11.4. The van der Waals surface area contributed by atoms with Crippen LogP contribution in [0, 0.1) is 6.92 Å². The minimum Gasteiger partial charge on any atom is -0.491 e. The number of carboxylic acids is 1. The topological polar surface area (TPSA) is 84.9 Å². The van der Waals surface area contributed by atoms with Gasteiger partial charge in [-0.15, -0.1) is 0 Å². The van der Waals surface area contributed by atoms with Gasteiger partial charge >= 0.3 is 5.97 Å². The van der Waals surface area contributed by atoms with E-state index < -0.39 is 5.97 Å². The molecular weight excluding hydrogens is 478 g/mol. The summed E-state index contributed by atoms with van der Waals surface area (Å²) in [5, 5.41) is 11.6. The average molecular weight is 516 g/mol. The molecule has 0 spiro atoms. The SMILES string of the molecule is CCCCCc1cccc(COc2ccc(C=CC(=O)Nc3ccccc3OCCCC(=O)O)c(C)c2)c1. The first-order valence-corrected chi connectivity index (χ1v) is 13.2. The van der Waals surface area contributed by atoms with E-state index in [1.54, 1.807) is 30.3 Å². The molecule has 2 N–H and O–H groups in total. The second-order valence-corrected chi connectivity index (χ2v) is 9.25. The number of carbonyl (C=O) groups is 2. The van der Waals surface area contributed by atoms with Gasteiger partial charge in [-0.05, 0) is 78.8 Å². The number of rotatable bonds is 15. The van der Waals surface area contributed by atoms with E-state index in [2.05, 4.69) is 36.5 Å². The smallest absolute Gasteiger partial charge is 0.303 e. The number of nitrogens with one attached hydrogen (secondary N) is 1. The van der Waals surface area contributed by atoms with Crippen molar-refractivity contribution in [3.05, 3.63) is 95.1 Å². The maximum Gasteiger partial charge on any atom is 0.303 e. The van der Waals surface area contributed by atoms with Gasteiger partial charge in [-0.3, -0.25) is 9.59 Å². The number of carbonyl (C=O) groups excluding carboxylic acids is 1. The largest absolute Gasteiger partial charge is 0.491 e. The van der Waals surface area contributed by atoms with Gasteiger partial charge in [0.05, 0.1) is 12.3 Å². The second kappa shape index (κ2) is 15.3. The number of aliphatic carboxylic acids is 1. The zero-order chi connectivity index (χ0) is 27.2. The fourth-order valence-corrected chi connectivity index (χ4v) is 3.99. The first-order valence-electron chi connectivity index (χ1n) is 13.2. The van der Waals surface area contributed by atoms with Gasteiger partial charge in [0, 0.05) is 12.5 Å². The maximum absolute atomic E-state index is 12.5. The number of anilines is 1. The minimum atomic E-state index is -0.863. The van der Waals surface area contributed by atoms with E-state index in [1.807, 2.05) is 25.1 Å². The summed E-state index contributed by atoms with van der Waals surface area (Å²) in [4.78, 5) is 23.2. The molecule has 0 unspecified atom stereocenters. The highest BCUT2D eigenvalue weighted by molar-refractivity contribution is 6.02. The zero-order valence-electron chi connectivity index (χ0n) is 22.2. The molecule has 3 aromatic carbocycles. The standard InChI is InChI=1S/C32H37NO5/c1-3-4-5-10-25-11-8-12-26(22-25)23-38-28-18-16-27(24(2)21-28)17-19-31(34)33-29-13-6-7-14-30(29)37-20-9-15-32(35)36/h6-8,11-14,16-19,21-22H,3-5,9-10,15,20,23H2,1-2H3,(H,33,34)(H,35,36). The lowest BCUT2D eigenvalue weighted by atomic mass is 10.0. The normalized spacial score (nSPS) is 10.9. The maximum atomic E-state index is 12.5. The van der Waals surface area contributed by atoms with Gasteiger partial charge in [0.15, 0.2) is 0 Å². The van der Waals surface area contributed by atoms with Crippen molar-refractivity contribution in [2.75, 3.05) is 11.9 Å². The fraction of sp³-hybridized carbons (Fsp3) is 0.312. The van der Waals surface area contributed by atoms with Crippen molar-refractivity contribution in [2.24, 2.45) is 0 Å². The van der Waals surface area contributed by atoms with Crippen molar-refractivity contribution >= 4 is 23.6 Å². The van der Waals surface area contributed by atoms with Crippen LogP contribution in [0.2, 0.25) is 0 Å². The molecule has 38 heavy (non-hydrogen) atoms. The highest BCUT2D eigenvalue weighted by Gasteiger charge is 2.07. The molecule has 3 aromatic rings. The van der Waals surface area contributed by atoms with E-state index in [1.165, 1.54) is 30.9 Å². The van der Waals surface area contributed by atoms with Crippen LogP contribution >= 0.6 is 0 Å². The van der Waals surface area contributed by atoms with Crippen LogP contribution in [-0.4, -0.2) is 23.6 Å². The zero-order valence-corrected chi connectivity index (χ0v) is 22.2. The number of ether oxygens (including phenoxy) is 2. The number of hydrogen-bond acceptors (Lipinski definition) is 4. The number of amides is 1. The highest BCUT2D eigenvalue weighted by Crippen LogP contribution is 2.24. The van der Waals surface area contributed by atoms with Crippen molar-refractivity contribution in [2.45, 2.75) is 59.0 Å². The molecular formula is C32H37NO5. The predicted molar refractivity (Wildman–Crippen MR) is 152 cm³/mol. The molecule has 0 aliphatic carbocycles. The van der Waals surface area contributed by atoms with Crippen LogP contribution in [0.4, 0.5) is 5.69 Å². The van der Waals surface area contributed by atoms with Crippen LogP contribution in [0.1, 0.15) is 61.3 Å². The van der Waals surface area contributed by atoms with Crippen molar-refractivity contribution < 1.29 is 24.2 Å². The molecule has 3 rings (SSSR count). The average Bonchev–Trinajstić information content (AvgIpc) is 2.90. The minimum absolute atomic E-state index is 0.0345. The van der Waals surface area contributed by atoms with Crippen LogP contribution in [0.15, 0.2) is 72.8 Å². The molecule has 1 amide bonds. The van der Waals surface area contributed by atoms with E-state index >= 15 is 0 Å². The summed E-state index contributed by atoms with van der Waals surface area (Å²) < 4.78 is 11.7. The Balaban J connectivity index is 1.53. The molecule has 200 valence electrons. The molecule has 0 atom stereocenters. The Bertz CT molecular complexity index is 1230. The molecule has 6 nitrogen and oxygen atoms in total. The molecule has 0 fully saturated rings. The summed E-state index contributed by atoms with van der Waals surface area (Å²) >= 11 is 0. The molecule has 0 radical (unpaired) electrons. The Labute approximate surface area is 225 Å². The molecule has 0 aliphatic rings. The number of para-hydroxylation sites is 2. The van der Waals surface area contributed by atoms with Gasteiger partial charge in [-0.1, -0.05) is 62.2 Å². The molecule has 0 aromatic heterocycles. The highest BCUT2D eigenvalue weighted by atomic mass is 16.5. The third-order valence-electron chi connectivity index (χ3n) is 6.06. The van der Waals surface area contributed by atoms with Crippen LogP contribution in [-0.2, 0) is 22.6 Å². The molecule has 0 saturated heterocycles. The van der Waals surface area contributed by atoms with Gasteiger partial charge in [0.1, 0.15) is 18.1 Å². The van der Waals surface area contributed by atoms with E-state index in [-0.39, 0.29) is 18.9 Å². The Morgan fingerprint density at radius 2 is 1.74 bits per heavy atom. The van der Waals surface area contributed by atoms with E-state index in [9.17, 15) is 9.59 Å². The lowest BCUT2D eigenvalue weighted by Gasteiger charge is -2.11. The fourth-order valence-electron chi connectivity index (χ4n) is 3.99. The molecule has 0 heterocycles. The number of carboxylic acid groups (broad SMARTS) is 1. The third-order valence-corrected chi connectivity index (χ3v) is 6.06. The number of aryl methyl sites for hydroxylation is 2. The van der Waals surface area contributed by atoms with Crippen LogP contribution in [0.25, 0.3) is 6.08 Å². The Hall–Kier alpha value is -4.06. The Morgan fingerprint density at radius 3 is 2.53 bits per heavy atom. The van der Waals surface area contributed by atoms with Gasteiger partial charge in [-0.25, -0.2) is 0 Å². The lowest BCUT2D eigenvalue weighted by Crippen LogP contribution is -2.10. The van der Waals surface area contributed by atoms with Gasteiger partial charge in [0.2, 0.25) is 5.91 Å². The molecule has 0 aliphatic heterocycles. The van der Waals surface area contributed by atoms with E-state index in [4.69, 9.17) is 14.6 Å². The second-order valence-electron chi connectivity index (χ2n) is 9.25. The monoisotopic (exact) mass is 515 g/mol. The van der Waals surface area contributed by atoms with Gasteiger partial charge in [-0.2, -0.15) is 0 Å².